The quantitative estimate of drug-likeness (QED) is 0.699. The van der Waals surface area contributed by atoms with Gasteiger partial charge in [0.1, 0.15) is 0 Å². The van der Waals surface area contributed by atoms with Gasteiger partial charge < -0.3 is 5.11 Å². The molecule has 13 heavy (non-hydrogen) atoms. The summed E-state index contributed by atoms with van der Waals surface area (Å²) in [6.07, 6.45) is 5.04. The number of rotatable bonds is 4. The van der Waals surface area contributed by atoms with Gasteiger partial charge in [-0.25, -0.2) is 0 Å². The van der Waals surface area contributed by atoms with Crippen LogP contribution in [-0.2, 0) is 4.79 Å². The summed E-state index contributed by atoms with van der Waals surface area (Å²) in [6, 6.07) is 3.62. The van der Waals surface area contributed by atoms with Crippen molar-refractivity contribution in [3.05, 3.63) is 30.1 Å². The van der Waals surface area contributed by atoms with Crippen molar-refractivity contribution in [3.8, 4) is 0 Å². The van der Waals surface area contributed by atoms with Gasteiger partial charge in [0.05, 0.1) is 6.42 Å². The Morgan fingerprint density at radius 3 is 2.85 bits per heavy atom. The zero-order valence-electron chi connectivity index (χ0n) is 7.05. The zero-order chi connectivity index (χ0) is 9.52. The van der Waals surface area contributed by atoms with Gasteiger partial charge in [-0.3, -0.25) is 14.8 Å². The summed E-state index contributed by atoms with van der Waals surface area (Å²) >= 11 is 0. The second-order valence-corrected chi connectivity index (χ2v) is 2.46. The molecule has 1 heterocycles. The number of carbonyl (C=O) groups is 1. The van der Waals surface area contributed by atoms with Crippen LogP contribution in [0.25, 0.3) is 0 Å². The van der Waals surface area contributed by atoms with Crippen molar-refractivity contribution < 1.29 is 9.90 Å². The number of carboxylic acid groups (broad SMARTS) is 1. The van der Waals surface area contributed by atoms with Crippen molar-refractivity contribution in [2.24, 2.45) is 4.99 Å². The molecular weight excluding hydrogens is 168 g/mol. The normalized spacial score (nSPS) is 10.5. The summed E-state index contributed by atoms with van der Waals surface area (Å²) in [5.74, 6) is -0.827. The molecule has 4 heteroatoms. The lowest BCUT2D eigenvalue weighted by Gasteiger charge is -1.90. The van der Waals surface area contributed by atoms with Crippen molar-refractivity contribution >= 4 is 12.2 Å². The van der Waals surface area contributed by atoms with E-state index in [0.717, 1.165) is 5.56 Å². The number of nitrogens with zero attached hydrogens (tertiary/aromatic N) is 2. The predicted molar refractivity (Wildman–Crippen MR) is 49.0 cm³/mol. The number of hydrogen-bond donors (Lipinski definition) is 1. The Labute approximate surface area is 76.0 Å². The molecular formula is C9H10N2O2. The third kappa shape index (κ3) is 4.00. The first-order valence-corrected chi connectivity index (χ1v) is 3.90. The van der Waals surface area contributed by atoms with Crippen LogP contribution in [0.3, 0.4) is 0 Å². The van der Waals surface area contributed by atoms with Gasteiger partial charge in [-0.15, -0.1) is 0 Å². The maximum absolute atomic E-state index is 10.1. The molecule has 0 aromatic carbocycles. The highest BCUT2D eigenvalue weighted by Crippen LogP contribution is 1.91. The van der Waals surface area contributed by atoms with Crippen LogP contribution < -0.4 is 0 Å². The molecule has 0 radical (unpaired) electrons. The number of pyridine rings is 1. The van der Waals surface area contributed by atoms with E-state index in [1.807, 2.05) is 12.1 Å². The van der Waals surface area contributed by atoms with Gasteiger partial charge in [0.15, 0.2) is 0 Å². The van der Waals surface area contributed by atoms with Crippen LogP contribution in [0.1, 0.15) is 12.0 Å². The van der Waals surface area contributed by atoms with Crippen molar-refractivity contribution in [1.82, 2.24) is 4.98 Å². The predicted octanol–water partition coefficient (Wildman–Crippen LogP) is 0.975. The number of aliphatic carboxylic acids is 1. The van der Waals surface area contributed by atoms with Gasteiger partial charge in [-0.2, -0.15) is 0 Å². The van der Waals surface area contributed by atoms with Gasteiger partial charge in [0.25, 0.3) is 0 Å². The van der Waals surface area contributed by atoms with Crippen molar-refractivity contribution in [2.45, 2.75) is 6.42 Å². The average molecular weight is 178 g/mol. The van der Waals surface area contributed by atoms with Crippen LogP contribution in [0.4, 0.5) is 0 Å². The number of aromatic nitrogens is 1. The number of hydrogen-bond acceptors (Lipinski definition) is 3. The summed E-state index contributed by atoms with van der Waals surface area (Å²) in [4.78, 5) is 17.9. The summed E-state index contributed by atoms with van der Waals surface area (Å²) in [6.45, 7) is 0.317. The Balaban J connectivity index is 2.37. The van der Waals surface area contributed by atoms with Gasteiger partial charge in [0, 0.05) is 25.2 Å². The molecule has 1 N–H and O–H groups in total. The van der Waals surface area contributed by atoms with E-state index < -0.39 is 5.97 Å². The van der Waals surface area contributed by atoms with Crippen LogP contribution >= 0.6 is 0 Å². The zero-order valence-corrected chi connectivity index (χ0v) is 7.05. The smallest absolute Gasteiger partial charge is 0.305 e. The lowest BCUT2D eigenvalue weighted by atomic mass is 10.3. The fourth-order valence-corrected chi connectivity index (χ4v) is 0.780. The highest BCUT2D eigenvalue weighted by molar-refractivity contribution is 5.79. The SMILES string of the molecule is O=C(O)CCN=Cc1ccncc1. The van der Waals surface area contributed by atoms with Gasteiger partial charge in [0.2, 0.25) is 0 Å². The highest BCUT2D eigenvalue weighted by atomic mass is 16.4. The van der Waals surface area contributed by atoms with E-state index in [4.69, 9.17) is 5.11 Å². The Hall–Kier alpha value is -1.71. The minimum Gasteiger partial charge on any atom is -0.481 e. The fraction of sp³-hybridized carbons (Fsp3) is 0.222. The molecule has 68 valence electrons. The Kier molecular flexibility index (Phi) is 3.63. The topological polar surface area (TPSA) is 62.5 Å². The maximum Gasteiger partial charge on any atom is 0.305 e. The lowest BCUT2D eigenvalue weighted by molar-refractivity contribution is -0.136. The maximum atomic E-state index is 10.1. The molecule has 0 saturated heterocycles. The first kappa shape index (κ1) is 9.38. The molecule has 1 rings (SSSR count). The second-order valence-electron chi connectivity index (χ2n) is 2.46. The standard InChI is InChI=1S/C9H10N2O2/c12-9(13)3-6-11-7-8-1-4-10-5-2-8/h1-2,4-5,7H,3,6H2,(H,12,13). The molecule has 0 amide bonds. The fourth-order valence-electron chi connectivity index (χ4n) is 0.780. The first-order chi connectivity index (χ1) is 6.29. The molecule has 0 fully saturated rings. The Bertz CT molecular complexity index is 296. The first-order valence-electron chi connectivity index (χ1n) is 3.90. The Morgan fingerprint density at radius 2 is 2.23 bits per heavy atom. The highest BCUT2D eigenvalue weighted by Gasteiger charge is 1.92. The number of aliphatic imine (C=N–C) groups is 1. The average Bonchev–Trinajstić information content (AvgIpc) is 2.14. The summed E-state index contributed by atoms with van der Waals surface area (Å²) in [5.41, 5.74) is 0.931. The van der Waals surface area contributed by atoms with Crippen molar-refractivity contribution in [2.75, 3.05) is 6.54 Å². The molecule has 0 aliphatic rings. The monoisotopic (exact) mass is 178 g/mol. The lowest BCUT2D eigenvalue weighted by Crippen LogP contribution is -1.96. The summed E-state index contributed by atoms with van der Waals surface area (Å²) in [5, 5.41) is 8.33. The minimum absolute atomic E-state index is 0.0710. The van der Waals surface area contributed by atoms with Gasteiger partial charge >= 0.3 is 5.97 Å². The number of carboxylic acids is 1. The van der Waals surface area contributed by atoms with Crippen LogP contribution in [0.15, 0.2) is 29.5 Å². The Morgan fingerprint density at radius 1 is 1.54 bits per heavy atom. The van der Waals surface area contributed by atoms with Crippen LogP contribution in [-0.4, -0.2) is 28.8 Å². The molecule has 1 aromatic rings. The van der Waals surface area contributed by atoms with Crippen LogP contribution in [0.5, 0.6) is 0 Å². The molecule has 4 nitrogen and oxygen atoms in total. The van der Waals surface area contributed by atoms with Crippen molar-refractivity contribution in [3.63, 3.8) is 0 Å². The molecule has 0 spiro atoms. The van der Waals surface area contributed by atoms with Crippen LogP contribution in [0.2, 0.25) is 0 Å². The van der Waals surface area contributed by atoms with E-state index >= 15 is 0 Å². The summed E-state index contributed by atoms with van der Waals surface area (Å²) < 4.78 is 0. The molecule has 0 aliphatic heterocycles. The summed E-state index contributed by atoms with van der Waals surface area (Å²) in [7, 11) is 0. The van der Waals surface area contributed by atoms with E-state index in [2.05, 4.69) is 9.98 Å². The van der Waals surface area contributed by atoms with E-state index in [9.17, 15) is 4.79 Å². The molecule has 0 atom stereocenters. The van der Waals surface area contributed by atoms with Crippen LogP contribution in [0, 0.1) is 0 Å². The van der Waals surface area contributed by atoms with E-state index in [1.165, 1.54) is 0 Å². The van der Waals surface area contributed by atoms with E-state index in [0.29, 0.717) is 6.54 Å². The van der Waals surface area contributed by atoms with E-state index in [1.54, 1.807) is 18.6 Å². The van der Waals surface area contributed by atoms with Gasteiger partial charge in [-0.1, -0.05) is 0 Å². The van der Waals surface area contributed by atoms with Crippen molar-refractivity contribution in [1.29, 1.82) is 0 Å². The molecule has 0 bridgehead atoms. The minimum atomic E-state index is -0.827. The molecule has 0 unspecified atom stereocenters. The van der Waals surface area contributed by atoms with Gasteiger partial charge in [-0.05, 0) is 17.7 Å². The largest absolute Gasteiger partial charge is 0.481 e. The third-order valence-corrected chi connectivity index (χ3v) is 1.40. The van der Waals surface area contributed by atoms with E-state index in [-0.39, 0.29) is 6.42 Å². The molecule has 0 saturated carbocycles. The molecule has 1 aromatic heterocycles. The second kappa shape index (κ2) is 5.03. The molecule has 0 aliphatic carbocycles. The third-order valence-electron chi connectivity index (χ3n) is 1.40.